The molecule has 2 saturated heterocycles. The number of fused-ring (bicyclic) bond motifs is 1. The summed E-state index contributed by atoms with van der Waals surface area (Å²) in [6.07, 6.45) is 0. The van der Waals surface area contributed by atoms with Crippen molar-refractivity contribution in [1.82, 2.24) is 10.2 Å². The molecule has 1 aromatic rings. The van der Waals surface area contributed by atoms with Crippen LogP contribution in [0.2, 0.25) is 0 Å². The van der Waals surface area contributed by atoms with Gasteiger partial charge in [-0.15, -0.1) is 11.8 Å². The molecule has 1 aromatic carbocycles. The number of thioether (sulfide) groups is 1. The summed E-state index contributed by atoms with van der Waals surface area (Å²) in [4.78, 5) is 75.1. The maximum atomic E-state index is 13.3. The van der Waals surface area contributed by atoms with Crippen molar-refractivity contribution in [2.24, 2.45) is 0 Å². The van der Waals surface area contributed by atoms with E-state index >= 15 is 0 Å². The summed E-state index contributed by atoms with van der Waals surface area (Å²) in [6, 6.07) is 2.75. The number of hydrogen-bond donors (Lipinski definition) is 2. The van der Waals surface area contributed by atoms with Gasteiger partial charge in [-0.3, -0.25) is 24.0 Å². The first kappa shape index (κ1) is 24.2. The molecule has 3 rings (SSSR count). The van der Waals surface area contributed by atoms with Gasteiger partial charge >= 0.3 is 17.9 Å². The summed E-state index contributed by atoms with van der Waals surface area (Å²) >= 11 is 1.08. The summed E-state index contributed by atoms with van der Waals surface area (Å²) in [5, 5.41) is 11.1. The lowest BCUT2D eigenvalue weighted by Gasteiger charge is -2.51. The molecule has 0 radical (unpaired) electrons. The molecule has 2 fully saturated rings. The van der Waals surface area contributed by atoms with Crippen molar-refractivity contribution in [2.75, 3.05) is 0 Å². The van der Waals surface area contributed by atoms with Crippen LogP contribution in [0.25, 0.3) is 0 Å². The standard InChI is InChI=1S/C21H22N2O9S/c1-9(24)21(18(30)23-15(17(28)29)20(4,5)33-19(21)23)22-16(27)14-12(31-10(2)25)7-6-8-13(14)32-11(3)26/h6-8,15,19H,1-5H3,(H,22,27)(H,28,29)/t15-,19+,21?/m0/s1. The fourth-order valence-corrected chi connectivity index (χ4v) is 5.80. The lowest BCUT2D eigenvalue weighted by Crippen LogP contribution is -2.82. The highest BCUT2D eigenvalue weighted by Crippen LogP contribution is 2.55. The number of amides is 2. The van der Waals surface area contributed by atoms with Gasteiger partial charge in [0.05, 0.1) is 0 Å². The lowest BCUT2D eigenvalue weighted by atomic mass is 9.81. The van der Waals surface area contributed by atoms with Crippen molar-refractivity contribution in [3.05, 3.63) is 23.8 Å². The van der Waals surface area contributed by atoms with Crippen LogP contribution >= 0.6 is 11.8 Å². The molecule has 12 heteroatoms. The number of aliphatic carboxylic acids is 1. The molecule has 2 N–H and O–H groups in total. The Hall–Kier alpha value is -3.41. The summed E-state index contributed by atoms with van der Waals surface area (Å²) in [5.41, 5.74) is -2.41. The first-order valence-corrected chi connectivity index (χ1v) is 10.7. The largest absolute Gasteiger partial charge is 0.480 e. The number of esters is 2. The number of β-lactam (4-membered cyclic amide) rings is 1. The maximum Gasteiger partial charge on any atom is 0.327 e. The molecule has 33 heavy (non-hydrogen) atoms. The fraction of sp³-hybridized carbons (Fsp3) is 0.429. The Morgan fingerprint density at radius 3 is 1.97 bits per heavy atom. The van der Waals surface area contributed by atoms with E-state index in [2.05, 4.69) is 5.32 Å². The van der Waals surface area contributed by atoms with Crippen molar-refractivity contribution < 1.29 is 43.3 Å². The average molecular weight is 478 g/mol. The smallest absolute Gasteiger partial charge is 0.327 e. The van der Waals surface area contributed by atoms with E-state index in [1.807, 2.05) is 0 Å². The Labute approximate surface area is 192 Å². The second-order valence-corrected chi connectivity index (χ2v) is 9.90. The number of carboxylic acids is 1. The number of hydrogen-bond acceptors (Lipinski definition) is 9. The first-order valence-electron chi connectivity index (χ1n) is 9.80. The molecule has 11 nitrogen and oxygen atoms in total. The molecular formula is C21H22N2O9S. The number of ether oxygens (including phenoxy) is 2. The van der Waals surface area contributed by atoms with E-state index in [1.54, 1.807) is 13.8 Å². The molecule has 3 atom stereocenters. The molecule has 0 aliphatic carbocycles. The lowest BCUT2D eigenvalue weighted by molar-refractivity contribution is -0.170. The summed E-state index contributed by atoms with van der Waals surface area (Å²) in [5.74, 6) is -5.81. The Morgan fingerprint density at radius 1 is 1.03 bits per heavy atom. The molecule has 2 amide bonds. The van der Waals surface area contributed by atoms with Crippen molar-refractivity contribution in [3.63, 3.8) is 0 Å². The van der Waals surface area contributed by atoms with Gasteiger partial charge in [-0.1, -0.05) is 6.07 Å². The van der Waals surface area contributed by atoms with E-state index in [4.69, 9.17) is 9.47 Å². The minimum absolute atomic E-state index is 0.246. The minimum atomic E-state index is -2.04. The van der Waals surface area contributed by atoms with Crippen LogP contribution in [0, 0.1) is 0 Å². The Bertz CT molecular complexity index is 1060. The SMILES string of the molecule is CC(=O)Oc1cccc(OC(C)=O)c1C(=O)NC1(C(C)=O)C(=O)N2[C@@H](C(=O)O)C(C)(C)S[C@@H]21. The van der Waals surface area contributed by atoms with Crippen LogP contribution in [0.15, 0.2) is 18.2 Å². The van der Waals surface area contributed by atoms with Gasteiger partial charge in [0, 0.05) is 18.6 Å². The summed E-state index contributed by atoms with van der Waals surface area (Å²) in [7, 11) is 0. The molecule has 176 valence electrons. The third-order valence-electron chi connectivity index (χ3n) is 5.37. The highest BCUT2D eigenvalue weighted by atomic mass is 32.2. The second-order valence-electron chi connectivity index (χ2n) is 8.16. The average Bonchev–Trinajstić information content (AvgIpc) is 2.93. The molecule has 1 unspecified atom stereocenters. The molecular weight excluding hydrogens is 456 g/mol. The van der Waals surface area contributed by atoms with Gasteiger partial charge in [0.25, 0.3) is 11.8 Å². The predicted octanol–water partition coefficient (Wildman–Crippen LogP) is 0.742. The van der Waals surface area contributed by atoms with Crippen molar-refractivity contribution in [1.29, 1.82) is 0 Å². The van der Waals surface area contributed by atoms with E-state index < -0.39 is 57.2 Å². The zero-order valence-corrected chi connectivity index (χ0v) is 19.3. The van der Waals surface area contributed by atoms with Gasteiger partial charge < -0.3 is 24.8 Å². The first-order chi connectivity index (χ1) is 15.2. The zero-order chi connectivity index (χ0) is 24.9. The van der Waals surface area contributed by atoms with Gasteiger partial charge in [-0.25, -0.2) is 4.79 Å². The van der Waals surface area contributed by atoms with Crippen LogP contribution in [0.1, 0.15) is 45.0 Å². The van der Waals surface area contributed by atoms with Crippen LogP contribution in [0.3, 0.4) is 0 Å². The van der Waals surface area contributed by atoms with Crippen LogP contribution < -0.4 is 14.8 Å². The van der Waals surface area contributed by atoms with E-state index in [0.29, 0.717) is 0 Å². The summed E-state index contributed by atoms with van der Waals surface area (Å²) < 4.78 is 9.17. The predicted molar refractivity (Wildman–Crippen MR) is 114 cm³/mol. The highest BCUT2D eigenvalue weighted by Gasteiger charge is 2.74. The molecule has 0 spiro atoms. The zero-order valence-electron chi connectivity index (χ0n) is 18.5. The van der Waals surface area contributed by atoms with E-state index in [1.165, 1.54) is 18.2 Å². The van der Waals surface area contributed by atoms with Crippen LogP contribution in [-0.2, 0) is 24.0 Å². The third kappa shape index (κ3) is 3.84. The summed E-state index contributed by atoms with van der Waals surface area (Å²) in [6.45, 7) is 6.58. The van der Waals surface area contributed by atoms with E-state index in [0.717, 1.165) is 37.4 Å². The Kier molecular flexibility index (Phi) is 6.01. The minimum Gasteiger partial charge on any atom is -0.480 e. The highest BCUT2D eigenvalue weighted by molar-refractivity contribution is 8.01. The van der Waals surface area contributed by atoms with Crippen molar-refractivity contribution in [3.8, 4) is 11.5 Å². The van der Waals surface area contributed by atoms with Crippen molar-refractivity contribution in [2.45, 2.75) is 56.3 Å². The van der Waals surface area contributed by atoms with Crippen molar-refractivity contribution >= 4 is 47.3 Å². The van der Waals surface area contributed by atoms with E-state index in [9.17, 15) is 33.9 Å². The number of carboxylic acid groups (broad SMARTS) is 1. The number of Topliss-reactive ketones (excluding diaryl/α,β-unsaturated/α-hetero) is 1. The van der Waals surface area contributed by atoms with Gasteiger partial charge in [0.2, 0.25) is 5.54 Å². The van der Waals surface area contributed by atoms with Gasteiger partial charge in [-0.2, -0.15) is 0 Å². The normalized spacial score (nSPS) is 24.9. The number of carbonyl (C=O) groups is 6. The number of ketones is 1. The van der Waals surface area contributed by atoms with E-state index in [-0.39, 0.29) is 17.1 Å². The molecule has 2 heterocycles. The molecule has 0 bridgehead atoms. The second kappa shape index (κ2) is 8.18. The third-order valence-corrected chi connectivity index (χ3v) is 7.00. The Morgan fingerprint density at radius 2 is 1.55 bits per heavy atom. The van der Waals surface area contributed by atoms with Crippen LogP contribution in [0.4, 0.5) is 0 Å². The number of nitrogens with zero attached hydrogens (tertiary/aromatic N) is 1. The number of nitrogens with one attached hydrogen (secondary N) is 1. The van der Waals surface area contributed by atoms with Gasteiger partial charge in [0.1, 0.15) is 28.5 Å². The van der Waals surface area contributed by atoms with Gasteiger partial charge in [0.15, 0.2) is 5.78 Å². The van der Waals surface area contributed by atoms with Gasteiger partial charge in [-0.05, 0) is 32.9 Å². The molecule has 2 aliphatic heterocycles. The Balaban J connectivity index is 2.05. The van der Waals surface area contributed by atoms with Crippen LogP contribution in [0.5, 0.6) is 11.5 Å². The molecule has 2 aliphatic rings. The van der Waals surface area contributed by atoms with Crippen LogP contribution in [-0.4, -0.2) is 67.2 Å². The molecule has 0 aromatic heterocycles. The number of rotatable bonds is 6. The topological polar surface area (TPSA) is 156 Å². The number of benzene rings is 1. The molecule has 0 saturated carbocycles. The maximum absolute atomic E-state index is 13.3. The quantitative estimate of drug-likeness (QED) is 0.259. The monoisotopic (exact) mass is 478 g/mol. The number of carbonyl (C=O) groups excluding carboxylic acids is 5. The fourth-order valence-electron chi connectivity index (χ4n) is 4.04.